The van der Waals surface area contributed by atoms with Gasteiger partial charge in [-0.15, -0.1) is 0 Å². The highest BCUT2D eigenvalue weighted by atomic mass is 16.6. The molecule has 0 radical (unpaired) electrons. The van der Waals surface area contributed by atoms with Crippen LogP contribution in [0.25, 0.3) is 0 Å². The summed E-state index contributed by atoms with van der Waals surface area (Å²) in [6.45, 7) is 10.8. The molecule has 2 unspecified atom stereocenters. The maximum atomic E-state index is 10.8. The molecule has 0 saturated heterocycles. The van der Waals surface area contributed by atoms with Crippen LogP contribution in [0.2, 0.25) is 0 Å². The van der Waals surface area contributed by atoms with Gasteiger partial charge < -0.3 is 5.32 Å². The van der Waals surface area contributed by atoms with E-state index in [0.717, 1.165) is 12.0 Å². The Kier molecular flexibility index (Phi) is 5.06. The van der Waals surface area contributed by atoms with Gasteiger partial charge in [0.15, 0.2) is 0 Å². The number of nitrogens with one attached hydrogen (secondary N) is 1. The molecule has 4 heteroatoms. The first-order valence-electron chi connectivity index (χ1n) is 6.76. The fourth-order valence-electron chi connectivity index (χ4n) is 1.86. The summed E-state index contributed by atoms with van der Waals surface area (Å²) in [6.07, 6.45) is 0.904. The second-order valence-corrected chi connectivity index (χ2v) is 6.07. The molecule has 19 heavy (non-hydrogen) atoms. The van der Waals surface area contributed by atoms with Crippen molar-refractivity contribution in [2.45, 2.75) is 53.1 Å². The van der Waals surface area contributed by atoms with Gasteiger partial charge in [0.2, 0.25) is 0 Å². The Bertz CT molecular complexity index is 438. The van der Waals surface area contributed by atoms with Crippen molar-refractivity contribution in [2.24, 2.45) is 5.41 Å². The molecule has 0 aliphatic heterocycles. The lowest BCUT2D eigenvalue weighted by Gasteiger charge is -2.32. The van der Waals surface area contributed by atoms with Crippen molar-refractivity contribution in [1.29, 1.82) is 0 Å². The van der Waals surface area contributed by atoms with E-state index in [0.29, 0.717) is 6.04 Å². The van der Waals surface area contributed by atoms with Gasteiger partial charge in [-0.25, -0.2) is 0 Å². The summed E-state index contributed by atoms with van der Waals surface area (Å²) in [5.74, 6) is 0. The van der Waals surface area contributed by atoms with Gasteiger partial charge in [-0.05, 0) is 24.3 Å². The normalized spacial score (nSPS) is 15.0. The smallest absolute Gasteiger partial charge is 0.269 e. The predicted molar refractivity (Wildman–Crippen MR) is 78.2 cm³/mol. The van der Waals surface area contributed by atoms with Crippen LogP contribution in [-0.4, -0.2) is 11.0 Å². The lowest BCUT2D eigenvalue weighted by atomic mass is 9.87. The van der Waals surface area contributed by atoms with Gasteiger partial charge in [-0.3, -0.25) is 10.1 Å². The lowest BCUT2D eigenvalue weighted by Crippen LogP contribution is -2.39. The molecule has 0 aliphatic carbocycles. The maximum Gasteiger partial charge on any atom is 0.269 e. The first-order chi connectivity index (χ1) is 8.75. The second kappa shape index (κ2) is 6.15. The minimum Gasteiger partial charge on any atom is -0.307 e. The summed E-state index contributed by atoms with van der Waals surface area (Å²) in [5, 5.41) is 14.4. The molecule has 0 heterocycles. The van der Waals surface area contributed by atoms with Gasteiger partial charge in [-0.2, -0.15) is 0 Å². The number of nitro benzene ring substituents is 1. The molecular weight excluding hydrogens is 240 g/mol. The Hall–Kier alpha value is -1.42. The molecule has 0 aromatic heterocycles. The highest BCUT2D eigenvalue weighted by Crippen LogP contribution is 2.26. The Morgan fingerprint density at radius 2 is 2.00 bits per heavy atom. The second-order valence-electron chi connectivity index (χ2n) is 6.07. The largest absolute Gasteiger partial charge is 0.307 e. The molecule has 0 spiro atoms. The van der Waals surface area contributed by atoms with Gasteiger partial charge in [0.1, 0.15) is 0 Å². The van der Waals surface area contributed by atoms with Crippen LogP contribution >= 0.6 is 0 Å². The average molecular weight is 264 g/mol. The van der Waals surface area contributed by atoms with Crippen molar-refractivity contribution >= 4 is 5.69 Å². The molecule has 0 bridgehead atoms. The van der Waals surface area contributed by atoms with Gasteiger partial charge in [0.25, 0.3) is 5.69 Å². The summed E-state index contributed by atoms with van der Waals surface area (Å²) < 4.78 is 0. The van der Waals surface area contributed by atoms with E-state index in [1.54, 1.807) is 12.1 Å². The van der Waals surface area contributed by atoms with Gasteiger partial charge in [-0.1, -0.05) is 39.8 Å². The number of hydrogen-bond donors (Lipinski definition) is 1. The highest BCUT2D eigenvalue weighted by molar-refractivity contribution is 5.35. The molecule has 106 valence electrons. The molecule has 1 aromatic rings. The summed E-state index contributed by atoms with van der Waals surface area (Å²) >= 11 is 0. The third-order valence-corrected chi connectivity index (χ3v) is 3.64. The summed E-state index contributed by atoms with van der Waals surface area (Å²) in [4.78, 5) is 10.5. The van der Waals surface area contributed by atoms with Gasteiger partial charge in [0, 0.05) is 24.2 Å². The number of hydrogen-bond acceptors (Lipinski definition) is 3. The summed E-state index contributed by atoms with van der Waals surface area (Å²) in [7, 11) is 0. The van der Waals surface area contributed by atoms with Crippen molar-refractivity contribution in [3.05, 3.63) is 39.9 Å². The minimum atomic E-state index is -0.344. The number of non-ortho nitro benzene ring substituents is 1. The van der Waals surface area contributed by atoms with Crippen LogP contribution in [0.1, 0.15) is 52.6 Å². The van der Waals surface area contributed by atoms with Crippen LogP contribution in [0.15, 0.2) is 24.3 Å². The molecule has 0 aliphatic rings. The molecule has 0 saturated carbocycles. The average Bonchev–Trinajstić information content (AvgIpc) is 2.34. The minimum absolute atomic E-state index is 0.147. The third-order valence-electron chi connectivity index (χ3n) is 3.64. The van der Waals surface area contributed by atoms with Gasteiger partial charge >= 0.3 is 0 Å². The zero-order valence-corrected chi connectivity index (χ0v) is 12.4. The highest BCUT2D eigenvalue weighted by Gasteiger charge is 2.23. The lowest BCUT2D eigenvalue weighted by molar-refractivity contribution is -0.384. The quantitative estimate of drug-likeness (QED) is 0.644. The summed E-state index contributed by atoms with van der Waals surface area (Å²) in [5.41, 5.74) is 1.29. The number of nitrogens with zero attached hydrogens (tertiary/aromatic N) is 1. The number of rotatable bonds is 5. The van der Waals surface area contributed by atoms with E-state index >= 15 is 0 Å². The van der Waals surface area contributed by atoms with Crippen molar-refractivity contribution in [2.75, 3.05) is 0 Å². The Morgan fingerprint density at radius 1 is 1.37 bits per heavy atom. The topological polar surface area (TPSA) is 55.2 Å². The fraction of sp³-hybridized carbons (Fsp3) is 0.600. The first-order valence-corrected chi connectivity index (χ1v) is 6.76. The van der Waals surface area contributed by atoms with Crippen molar-refractivity contribution < 1.29 is 4.92 Å². The SMILES string of the molecule is CCC(NC(C)C(C)(C)C)c1cccc([N+](=O)[O-])c1. The summed E-state index contributed by atoms with van der Waals surface area (Å²) in [6, 6.07) is 7.37. The van der Waals surface area contributed by atoms with Crippen molar-refractivity contribution in [1.82, 2.24) is 5.32 Å². The number of benzene rings is 1. The molecule has 1 N–H and O–H groups in total. The van der Waals surface area contributed by atoms with Crippen LogP contribution in [-0.2, 0) is 0 Å². The van der Waals surface area contributed by atoms with E-state index in [2.05, 4.69) is 39.9 Å². The van der Waals surface area contributed by atoms with Crippen molar-refractivity contribution in [3.63, 3.8) is 0 Å². The van der Waals surface area contributed by atoms with E-state index in [1.165, 1.54) is 6.07 Å². The molecule has 2 atom stereocenters. The Labute approximate surface area is 115 Å². The number of nitro groups is 1. The van der Waals surface area contributed by atoms with Gasteiger partial charge in [0.05, 0.1) is 4.92 Å². The zero-order valence-electron chi connectivity index (χ0n) is 12.4. The van der Waals surface area contributed by atoms with E-state index in [-0.39, 0.29) is 22.1 Å². The Morgan fingerprint density at radius 3 is 2.47 bits per heavy atom. The van der Waals surface area contributed by atoms with E-state index in [1.807, 2.05) is 6.07 Å². The van der Waals surface area contributed by atoms with Crippen LogP contribution in [0.4, 0.5) is 5.69 Å². The first kappa shape index (κ1) is 15.6. The standard InChI is InChI=1S/C15H24N2O2/c1-6-14(16-11(2)15(3,4)5)12-8-7-9-13(10-12)17(18)19/h7-11,14,16H,6H2,1-5H3. The fourth-order valence-corrected chi connectivity index (χ4v) is 1.86. The van der Waals surface area contributed by atoms with E-state index in [4.69, 9.17) is 0 Å². The Balaban J connectivity index is 2.91. The zero-order chi connectivity index (χ0) is 14.6. The maximum absolute atomic E-state index is 10.8. The molecular formula is C15H24N2O2. The van der Waals surface area contributed by atoms with Crippen LogP contribution < -0.4 is 5.32 Å². The van der Waals surface area contributed by atoms with E-state index < -0.39 is 0 Å². The monoisotopic (exact) mass is 264 g/mol. The molecule has 1 aromatic carbocycles. The molecule has 1 rings (SSSR count). The van der Waals surface area contributed by atoms with Crippen molar-refractivity contribution in [3.8, 4) is 0 Å². The molecule has 4 nitrogen and oxygen atoms in total. The van der Waals surface area contributed by atoms with Crippen LogP contribution in [0.5, 0.6) is 0 Å². The predicted octanol–water partition coefficient (Wildman–Crippen LogP) is 4.07. The molecule has 0 amide bonds. The third kappa shape index (κ3) is 4.31. The van der Waals surface area contributed by atoms with E-state index in [9.17, 15) is 10.1 Å². The molecule has 0 fully saturated rings. The van der Waals surface area contributed by atoms with Crippen LogP contribution in [0, 0.1) is 15.5 Å². The van der Waals surface area contributed by atoms with Crippen LogP contribution in [0.3, 0.4) is 0 Å².